The normalized spacial score (nSPS) is 15.1. The van der Waals surface area contributed by atoms with Gasteiger partial charge in [-0.1, -0.05) is 43.7 Å². The lowest BCUT2D eigenvalue weighted by Gasteiger charge is -2.30. The van der Waals surface area contributed by atoms with Crippen LogP contribution in [-0.2, 0) is 4.79 Å². The molecule has 32 heavy (non-hydrogen) atoms. The van der Waals surface area contributed by atoms with Crippen LogP contribution >= 0.6 is 11.8 Å². The number of carbonyl (C=O) groups is 1. The van der Waals surface area contributed by atoms with E-state index in [0.717, 1.165) is 51.6 Å². The summed E-state index contributed by atoms with van der Waals surface area (Å²) in [6, 6.07) is 13.0. The van der Waals surface area contributed by atoms with E-state index in [9.17, 15) is 14.0 Å². The summed E-state index contributed by atoms with van der Waals surface area (Å²) in [6.07, 6.45) is 5.86. The topological polar surface area (TPSA) is 55.2 Å². The molecule has 1 unspecified atom stereocenters. The number of rotatable bonds is 7. The zero-order valence-electron chi connectivity index (χ0n) is 18.3. The highest BCUT2D eigenvalue weighted by Gasteiger charge is 2.28. The zero-order chi connectivity index (χ0) is 22.5. The number of piperidine rings is 1. The van der Waals surface area contributed by atoms with E-state index in [1.54, 1.807) is 24.3 Å². The molecule has 1 aliphatic heterocycles. The Morgan fingerprint density at radius 2 is 1.81 bits per heavy atom. The molecular weight excluding hydrogens is 425 g/mol. The van der Waals surface area contributed by atoms with Crippen molar-refractivity contribution in [2.75, 3.05) is 13.1 Å². The third kappa shape index (κ3) is 4.88. The summed E-state index contributed by atoms with van der Waals surface area (Å²) < 4.78 is 15.1. The molecule has 0 N–H and O–H groups in total. The summed E-state index contributed by atoms with van der Waals surface area (Å²) in [5, 5.41) is 0.647. The average molecular weight is 454 g/mol. The molecule has 3 aromatic rings. The first-order chi connectivity index (χ1) is 15.6. The third-order valence-corrected chi connectivity index (χ3v) is 7.05. The van der Waals surface area contributed by atoms with Crippen LogP contribution in [-0.4, -0.2) is 38.7 Å². The average Bonchev–Trinajstić information content (AvgIpc) is 2.83. The molecule has 0 radical (unpaired) electrons. The van der Waals surface area contributed by atoms with Crippen LogP contribution in [0.2, 0.25) is 0 Å². The molecule has 0 aliphatic carbocycles. The molecule has 7 heteroatoms. The van der Waals surface area contributed by atoms with Gasteiger partial charge in [-0.25, -0.2) is 9.37 Å². The number of amides is 1. The molecule has 1 saturated heterocycles. The van der Waals surface area contributed by atoms with Gasteiger partial charge in [0.15, 0.2) is 5.16 Å². The fraction of sp³-hybridized carbons (Fsp3) is 0.400. The summed E-state index contributed by atoms with van der Waals surface area (Å²) in [5.74, 6) is -0.248. The molecular formula is C25H28FN3O2S. The van der Waals surface area contributed by atoms with Gasteiger partial charge in [0.05, 0.1) is 21.8 Å². The lowest BCUT2D eigenvalue weighted by Crippen LogP contribution is -2.41. The number of unbranched alkanes of at least 4 members (excludes halogenated alkanes) is 1. The van der Waals surface area contributed by atoms with Gasteiger partial charge in [0.25, 0.3) is 5.56 Å². The minimum atomic E-state index is -0.370. The Balaban J connectivity index is 1.78. The number of para-hydroxylation sites is 1. The van der Waals surface area contributed by atoms with Gasteiger partial charge in [0.2, 0.25) is 5.91 Å². The Bertz CT molecular complexity index is 1140. The van der Waals surface area contributed by atoms with Crippen molar-refractivity contribution < 1.29 is 9.18 Å². The number of fused-ring (bicyclic) bond motifs is 1. The highest BCUT2D eigenvalue weighted by molar-refractivity contribution is 8.00. The Kier molecular flexibility index (Phi) is 7.25. The number of hydrogen-bond acceptors (Lipinski definition) is 4. The monoisotopic (exact) mass is 453 g/mol. The maximum Gasteiger partial charge on any atom is 0.266 e. The van der Waals surface area contributed by atoms with E-state index in [2.05, 4.69) is 6.92 Å². The molecule has 2 aromatic carbocycles. The number of likely N-dealkylation sites (tertiary alicyclic amines) is 1. The van der Waals surface area contributed by atoms with Crippen LogP contribution in [0.4, 0.5) is 4.39 Å². The van der Waals surface area contributed by atoms with Gasteiger partial charge < -0.3 is 4.90 Å². The largest absolute Gasteiger partial charge is 0.342 e. The van der Waals surface area contributed by atoms with Gasteiger partial charge in [0.1, 0.15) is 5.82 Å². The summed E-state index contributed by atoms with van der Waals surface area (Å²) >= 11 is 1.35. The van der Waals surface area contributed by atoms with Crippen LogP contribution in [0, 0.1) is 5.82 Å². The van der Waals surface area contributed by atoms with Crippen LogP contribution in [0.3, 0.4) is 0 Å². The maximum absolute atomic E-state index is 13.6. The number of thioether (sulfide) groups is 1. The van der Waals surface area contributed by atoms with E-state index in [-0.39, 0.29) is 22.5 Å². The number of carbonyl (C=O) groups excluding carboxylic acids is 1. The molecule has 5 nitrogen and oxygen atoms in total. The number of aromatic nitrogens is 2. The van der Waals surface area contributed by atoms with Crippen LogP contribution < -0.4 is 5.56 Å². The van der Waals surface area contributed by atoms with Crippen LogP contribution in [0.1, 0.15) is 45.4 Å². The van der Waals surface area contributed by atoms with Crippen molar-refractivity contribution in [3.63, 3.8) is 0 Å². The summed E-state index contributed by atoms with van der Waals surface area (Å²) in [4.78, 5) is 33.5. The van der Waals surface area contributed by atoms with Crippen molar-refractivity contribution in [2.45, 2.75) is 55.9 Å². The zero-order valence-corrected chi connectivity index (χ0v) is 19.1. The first-order valence-corrected chi connectivity index (χ1v) is 12.2. The summed E-state index contributed by atoms with van der Waals surface area (Å²) in [5.41, 5.74) is 0.916. The van der Waals surface area contributed by atoms with Gasteiger partial charge in [-0.3, -0.25) is 14.2 Å². The molecule has 0 bridgehead atoms. The highest BCUT2D eigenvalue weighted by atomic mass is 32.2. The van der Waals surface area contributed by atoms with Crippen LogP contribution in [0.25, 0.3) is 16.6 Å². The maximum atomic E-state index is 13.6. The van der Waals surface area contributed by atoms with Gasteiger partial charge in [-0.15, -0.1) is 0 Å². The predicted octanol–water partition coefficient (Wildman–Crippen LogP) is 5.19. The number of halogens is 1. The number of nitrogens with zero attached hydrogens (tertiary/aromatic N) is 3. The highest BCUT2D eigenvalue weighted by Crippen LogP contribution is 2.30. The lowest BCUT2D eigenvalue weighted by atomic mass is 10.1. The SMILES string of the molecule is CCCCC(Sc1nc2ccccc2c(=O)n1-c1ccc(F)cc1)C(=O)N1CCCCC1. The van der Waals surface area contributed by atoms with Crippen LogP contribution in [0.15, 0.2) is 58.5 Å². The second-order valence-electron chi connectivity index (χ2n) is 8.16. The third-order valence-electron chi connectivity index (χ3n) is 5.84. The summed E-state index contributed by atoms with van der Waals surface area (Å²) in [7, 11) is 0. The van der Waals surface area contributed by atoms with Crippen molar-refractivity contribution in [1.29, 1.82) is 0 Å². The van der Waals surface area contributed by atoms with E-state index in [1.807, 2.05) is 17.0 Å². The standard InChI is InChI=1S/C25H28FN3O2S/c1-2-3-11-22(24(31)28-16-7-4-8-17-28)32-25-27-21-10-6-5-9-20(21)23(30)29(25)19-14-12-18(26)13-15-19/h5-6,9-10,12-15,22H,2-4,7-8,11,16-17H2,1H3. The van der Waals surface area contributed by atoms with Gasteiger partial charge in [-0.2, -0.15) is 0 Å². The van der Waals surface area contributed by atoms with E-state index < -0.39 is 0 Å². The van der Waals surface area contributed by atoms with E-state index in [4.69, 9.17) is 4.98 Å². The van der Waals surface area contributed by atoms with Gasteiger partial charge >= 0.3 is 0 Å². The Hall–Kier alpha value is -2.67. The Morgan fingerprint density at radius 1 is 1.09 bits per heavy atom. The molecule has 1 aliphatic rings. The number of hydrogen-bond donors (Lipinski definition) is 0. The molecule has 0 spiro atoms. The van der Waals surface area contributed by atoms with Gasteiger partial charge in [0, 0.05) is 13.1 Å². The van der Waals surface area contributed by atoms with Crippen molar-refractivity contribution in [3.8, 4) is 5.69 Å². The Labute approximate surface area is 191 Å². The molecule has 0 saturated carbocycles. The fourth-order valence-corrected chi connectivity index (χ4v) is 5.31. The molecule has 1 fully saturated rings. The van der Waals surface area contributed by atoms with E-state index in [1.165, 1.54) is 28.5 Å². The van der Waals surface area contributed by atoms with E-state index >= 15 is 0 Å². The molecule has 1 aromatic heterocycles. The lowest BCUT2D eigenvalue weighted by molar-refractivity contribution is -0.131. The second-order valence-corrected chi connectivity index (χ2v) is 9.33. The molecule has 4 rings (SSSR count). The molecule has 1 amide bonds. The van der Waals surface area contributed by atoms with Crippen molar-refractivity contribution >= 4 is 28.6 Å². The number of benzene rings is 2. The van der Waals surface area contributed by atoms with Gasteiger partial charge in [-0.05, 0) is 62.1 Å². The van der Waals surface area contributed by atoms with E-state index in [0.29, 0.717) is 21.7 Å². The fourth-order valence-electron chi connectivity index (χ4n) is 4.08. The second kappa shape index (κ2) is 10.3. The first kappa shape index (κ1) is 22.5. The smallest absolute Gasteiger partial charge is 0.266 e. The first-order valence-electron chi connectivity index (χ1n) is 11.3. The minimum absolute atomic E-state index is 0.121. The summed E-state index contributed by atoms with van der Waals surface area (Å²) in [6.45, 7) is 3.69. The molecule has 1 atom stereocenters. The van der Waals surface area contributed by atoms with Crippen LogP contribution in [0.5, 0.6) is 0 Å². The Morgan fingerprint density at radius 3 is 2.53 bits per heavy atom. The van der Waals surface area contributed by atoms with Crippen molar-refractivity contribution in [3.05, 3.63) is 64.7 Å². The quantitative estimate of drug-likeness (QED) is 0.365. The molecule has 2 heterocycles. The predicted molar refractivity (Wildman–Crippen MR) is 127 cm³/mol. The van der Waals surface area contributed by atoms with Crippen molar-refractivity contribution in [1.82, 2.24) is 14.5 Å². The molecule has 168 valence electrons. The van der Waals surface area contributed by atoms with Crippen molar-refractivity contribution in [2.24, 2.45) is 0 Å². The minimum Gasteiger partial charge on any atom is -0.342 e.